The van der Waals surface area contributed by atoms with Gasteiger partial charge < -0.3 is 25.4 Å². The van der Waals surface area contributed by atoms with Gasteiger partial charge in [-0.05, 0) is 24.6 Å². The first kappa shape index (κ1) is 19.8. The van der Waals surface area contributed by atoms with E-state index in [-0.39, 0.29) is 17.7 Å². The van der Waals surface area contributed by atoms with Gasteiger partial charge in [0.25, 0.3) is 11.5 Å². The molecule has 1 amide bonds. The Hall–Kier alpha value is -2.95. The molecule has 1 aromatic heterocycles. The molecular formula is C18H21N3O7. The van der Waals surface area contributed by atoms with Crippen molar-refractivity contribution in [3.05, 3.63) is 62.4 Å². The minimum Gasteiger partial charge on any atom is -0.508 e. The molecule has 5 N–H and O–H groups in total. The van der Waals surface area contributed by atoms with E-state index < -0.39 is 48.2 Å². The fourth-order valence-electron chi connectivity index (χ4n) is 3.03. The molecule has 0 spiro atoms. The average Bonchev–Trinajstić information content (AvgIpc) is 3.02. The van der Waals surface area contributed by atoms with Crippen molar-refractivity contribution in [2.45, 2.75) is 37.8 Å². The molecule has 0 saturated carbocycles. The number of benzene rings is 1. The summed E-state index contributed by atoms with van der Waals surface area (Å²) < 4.78 is 6.43. The number of rotatable bonds is 5. The van der Waals surface area contributed by atoms with Crippen LogP contribution in [0.5, 0.6) is 5.75 Å². The van der Waals surface area contributed by atoms with Gasteiger partial charge in [-0.15, -0.1) is 0 Å². The molecule has 0 radical (unpaired) electrons. The monoisotopic (exact) mass is 391 g/mol. The zero-order valence-electron chi connectivity index (χ0n) is 15.0. The molecule has 2 aromatic rings. The predicted molar refractivity (Wildman–Crippen MR) is 96.9 cm³/mol. The van der Waals surface area contributed by atoms with Crippen LogP contribution in [0.25, 0.3) is 0 Å². The first-order valence-corrected chi connectivity index (χ1v) is 8.69. The molecular weight excluding hydrogens is 370 g/mol. The normalized spacial score (nSPS) is 22.8. The standard InChI is InChI=1S/C18H21N3O7/c1-9(10-2-4-11(23)5-3-10)19-16(25)12-7-21(18(27)20-17(12)26)15-6-13(24)14(8-22)28-15/h2-5,7,9,13-15,22-24H,6,8H2,1H3,(H,19,25)(H,20,26,27)/t9?,13-,14+,15+/m0/s1. The lowest BCUT2D eigenvalue weighted by Crippen LogP contribution is -2.39. The number of nitrogens with zero attached hydrogens (tertiary/aromatic N) is 1. The summed E-state index contributed by atoms with van der Waals surface area (Å²) in [5, 5.41) is 31.0. The maximum absolute atomic E-state index is 12.6. The molecule has 10 nitrogen and oxygen atoms in total. The molecule has 28 heavy (non-hydrogen) atoms. The number of aliphatic hydroxyl groups excluding tert-OH is 2. The average molecular weight is 391 g/mol. The molecule has 1 saturated heterocycles. The maximum Gasteiger partial charge on any atom is 0.330 e. The summed E-state index contributed by atoms with van der Waals surface area (Å²) in [6.45, 7) is 1.28. The largest absolute Gasteiger partial charge is 0.508 e. The minimum atomic E-state index is -0.972. The van der Waals surface area contributed by atoms with Crippen molar-refractivity contribution in [2.24, 2.45) is 0 Å². The van der Waals surface area contributed by atoms with Crippen LogP contribution in [0.2, 0.25) is 0 Å². The van der Waals surface area contributed by atoms with Gasteiger partial charge in [-0.3, -0.25) is 19.1 Å². The van der Waals surface area contributed by atoms with Crippen molar-refractivity contribution in [3.8, 4) is 5.75 Å². The number of carbonyl (C=O) groups is 1. The highest BCUT2D eigenvalue weighted by Crippen LogP contribution is 2.27. The summed E-state index contributed by atoms with van der Waals surface area (Å²) in [7, 11) is 0. The number of amides is 1. The fourth-order valence-corrected chi connectivity index (χ4v) is 3.03. The van der Waals surface area contributed by atoms with Crippen LogP contribution in [0.15, 0.2) is 40.1 Å². The van der Waals surface area contributed by atoms with Crippen molar-refractivity contribution in [2.75, 3.05) is 6.61 Å². The number of aliphatic hydroxyl groups is 2. The van der Waals surface area contributed by atoms with Gasteiger partial charge in [-0.1, -0.05) is 12.1 Å². The number of aromatic nitrogens is 2. The Morgan fingerprint density at radius 3 is 2.64 bits per heavy atom. The molecule has 10 heteroatoms. The van der Waals surface area contributed by atoms with Crippen LogP contribution in [0, 0.1) is 0 Å². The van der Waals surface area contributed by atoms with E-state index in [0.29, 0.717) is 5.56 Å². The molecule has 1 aromatic carbocycles. The van der Waals surface area contributed by atoms with Gasteiger partial charge in [0.15, 0.2) is 0 Å². The molecule has 1 unspecified atom stereocenters. The maximum atomic E-state index is 12.6. The molecule has 1 aliphatic heterocycles. The van der Waals surface area contributed by atoms with E-state index in [1.165, 1.54) is 12.1 Å². The van der Waals surface area contributed by atoms with Gasteiger partial charge in [0, 0.05) is 12.6 Å². The summed E-state index contributed by atoms with van der Waals surface area (Å²) in [5.41, 5.74) is -1.22. The van der Waals surface area contributed by atoms with Gasteiger partial charge in [-0.25, -0.2) is 4.79 Å². The SMILES string of the molecule is CC(NC(=O)c1cn([C@H]2C[C@H](O)[C@@H](CO)O2)c(=O)[nH]c1=O)c1ccc(O)cc1. The number of phenolic OH excluding ortho intramolecular Hbond substituents is 1. The number of hydrogen-bond acceptors (Lipinski definition) is 7. The quantitative estimate of drug-likeness (QED) is 0.455. The van der Waals surface area contributed by atoms with Crippen molar-refractivity contribution in [3.63, 3.8) is 0 Å². The Kier molecular flexibility index (Phi) is 5.63. The van der Waals surface area contributed by atoms with E-state index in [0.717, 1.165) is 10.8 Å². The number of hydrogen-bond donors (Lipinski definition) is 5. The van der Waals surface area contributed by atoms with E-state index in [1.54, 1.807) is 19.1 Å². The summed E-state index contributed by atoms with van der Waals surface area (Å²) in [6.07, 6.45) is -1.63. The summed E-state index contributed by atoms with van der Waals surface area (Å²) >= 11 is 0. The first-order valence-electron chi connectivity index (χ1n) is 8.69. The zero-order valence-corrected chi connectivity index (χ0v) is 15.0. The van der Waals surface area contributed by atoms with Gasteiger partial charge in [0.2, 0.25) is 0 Å². The van der Waals surface area contributed by atoms with Crippen LogP contribution in [0.4, 0.5) is 0 Å². The number of ether oxygens (including phenoxy) is 1. The Balaban J connectivity index is 1.83. The number of phenols is 1. The van der Waals surface area contributed by atoms with E-state index in [2.05, 4.69) is 10.3 Å². The predicted octanol–water partition coefficient (Wildman–Crippen LogP) is -0.626. The molecule has 1 aliphatic rings. The van der Waals surface area contributed by atoms with E-state index >= 15 is 0 Å². The molecule has 2 heterocycles. The minimum absolute atomic E-state index is 0.0299. The molecule has 3 rings (SSSR count). The van der Waals surface area contributed by atoms with E-state index in [1.807, 2.05) is 0 Å². The van der Waals surface area contributed by atoms with Gasteiger partial charge in [0.05, 0.1) is 18.8 Å². The summed E-state index contributed by atoms with van der Waals surface area (Å²) in [5.74, 6) is -0.612. The van der Waals surface area contributed by atoms with Crippen LogP contribution < -0.4 is 16.6 Å². The Bertz CT molecular complexity index is 966. The van der Waals surface area contributed by atoms with Gasteiger partial charge in [-0.2, -0.15) is 0 Å². The summed E-state index contributed by atoms with van der Waals surface area (Å²) in [4.78, 5) is 38.8. The number of aromatic amines is 1. The lowest BCUT2D eigenvalue weighted by Gasteiger charge is -2.17. The number of nitrogens with one attached hydrogen (secondary N) is 2. The molecule has 0 bridgehead atoms. The third kappa shape index (κ3) is 3.98. The van der Waals surface area contributed by atoms with E-state index in [4.69, 9.17) is 4.74 Å². The van der Waals surface area contributed by atoms with E-state index in [9.17, 15) is 29.7 Å². The highest BCUT2D eigenvalue weighted by Gasteiger charge is 2.35. The van der Waals surface area contributed by atoms with Crippen LogP contribution in [-0.4, -0.2) is 49.6 Å². The smallest absolute Gasteiger partial charge is 0.330 e. The lowest BCUT2D eigenvalue weighted by molar-refractivity contribution is -0.0459. The molecule has 1 fully saturated rings. The number of carbonyl (C=O) groups excluding carboxylic acids is 1. The first-order chi connectivity index (χ1) is 13.3. The Labute approximate surface area is 159 Å². The van der Waals surface area contributed by atoms with Crippen LogP contribution >= 0.6 is 0 Å². The van der Waals surface area contributed by atoms with Crippen molar-refractivity contribution in [1.82, 2.24) is 14.9 Å². The third-order valence-electron chi connectivity index (χ3n) is 4.65. The van der Waals surface area contributed by atoms with Crippen molar-refractivity contribution in [1.29, 1.82) is 0 Å². The molecule has 150 valence electrons. The van der Waals surface area contributed by atoms with Crippen LogP contribution in [0.3, 0.4) is 0 Å². The number of aromatic hydroxyl groups is 1. The second kappa shape index (κ2) is 7.97. The zero-order chi connectivity index (χ0) is 20.4. The van der Waals surface area contributed by atoms with Gasteiger partial charge in [0.1, 0.15) is 23.6 Å². The van der Waals surface area contributed by atoms with Crippen molar-refractivity contribution < 1.29 is 24.9 Å². The number of H-pyrrole nitrogens is 1. The summed E-state index contributed by atoms with van der Waals surface area (Å²) in [6, 6.07) is 5.76. The second-order valence-electron chi connectivity index (χ2n) is 6.61. The van der Waals surface area contributed by atoms with Gasteiger partial charge >= 0.3 is 5.69 Å². The van der Waals surface area contributed by atoms with Crippen LogP contribution in [0.1, 0.15) is 41.5 Å². The van der Waals surface area contributed by atoms with Crippen molar-refractivity contribution >= 4 is 5.91 Å². The lowest BCUT2D eigenvalue weighted by atomic mass is 10.1. The third-order valence-corrected chi connectivity index (χ3v) is 4.65. The second-order valence-corrected chi connectivity index (χ2v) is 6.61. The Morgan fingerprint density at radius 2 is 2.04 bits per heavy atom. The highest BCUT2D eigenvalue weighted by atomic mass is 16.5. The highest BCUT2D eigenvalue weighted by molar-refractivity contribution is 5.93. The Morgan fingerprint density at radius 1 is 1.36 bits per heavy atom. The fraction of sp³-hybridized carbons (Fsp3) is 0.389. The van der Waals surface area contributed by atoms with Crippen LogP contribution in [-0.2, 0) is 4.74 Å². The topological polar surface area (TPSA) is 154 Å². The molecule has 4 atom stereocenters. The molecule has 0 aliphatic carbocycles.